The van der Waals surface area contributed by atoms with Crippen LogP contribution in [0.5, 0.6) is 0 Å². The maximum Gasteiger partial charge on any atom is 0.0747 e. The van der Waals surface area contributed by atoms with Crippen molar-refractivity contribution >= 4 is 26.8 Å². The standard InChI is InChI=1S/C17H21BrN2O/c1-12(21)8-16-5-3-7-20(16)11-14-10-15(18)9-13-4-2-6-19-17(13)14/h2,4,6,9-10,12,16,21H,3,5,7-8,11H2,1H3. The van der Waals surface area contributed by atoms with Gasteiger partial charge in [0.05, 0.1) is 11.6 Å². The van der Waals surface area contributed by atoms with Gasteiger partial charge in [0.2, 0.25) is 0 Å². The van der Waals surface area contributed by atoms with Gasteiger partial charge >= 0.3 is 0 Å². The second-order valence-corrected chi connectivity index (χ2v) is 6.91. The van der Waals surface area contributed by atoms with E-state index in [0.29, 0.717) is 6.04 Å². The molecule has 2 aromatic rings. The molecule has 0 amide bonds. The largest absolute Gasteiger partial charge is 0.393 e. The minimum Gasteiger partial charge on any atom is -0.393 e. The Kier molecular flexibility index (Phi) is 4.57. The minimum absolute atomic E-state index is 0.229. The van der Waals surface area contributed by atoms with Crippen molar-refractivity contribution in [3.63, 3.8) is 0 Å². The summed E-state index contributed by atoms with van der Waals surface area (Å²) in [5.74, 6) is 0. The summed E-state index contributed by atoms with van der Waals surface area (Å²) in [6.45, 7) is 3.90. The second kappa shape index (κ2) is 6.42. The molecule has 1 aliphatic heterocycles. The predicted octanol–water partition coefficient (Wildman–Crippen LogP) is 3.73. The molecule has 2 atom stereocenters. The smallest absolute Gasteiger partial charge is 0.0747 e. The zero-order chi connectivity index (χ0) is 14.8. The third kappa shape index (κ3) is 3.44. The Morgan fingerprint density at radius 2 is 2.33 bits per heavy atom. The van der Waals surface area contributed by atoms with Gasteiger partial charge in [0.15, 0.2) is 0 Å². The van der Waals surface area contributed by atoms with E-state index in [9.17, 15) is 5.11 Å². The van der Waals surface area contributed by atoms with E-state index < -0.39 is 0 Å². The number of fused-ring (bicyclic) bond motifs is 1. The molecule has 1 aromatic carbocycles. The van der Waals surface area contributed by atoms with Crippen molar-refractivity contribution in [3.05, 3.63) is 40.5 Å². The van der Waals surface area contributed by atoms with Gasteiger partial charge in [-0.3, -0.25) is 9.88 Å². The molecule has 112 valence electrons. The molecule has 2 heterocycles. The van der Waals surface area contributed by atoms with E-state index in [0.717, 1.165) is 29.5 Å². The zero-order valence-electron chi connectivity index (χ0n) is 12.3. The van der Waals surface area contributed by atoms with Crippen LogP contribution >= 0.6 is 15.9 Å². The van der Waals surface area contributed by atoms with Crippen LogP contribution in [0.15, 0.2) is 34.9 Å². The van der Waals surface area contributed by atoms with E-state index in [1.165, 1.54) is 23.8 Å². The Morgan fingerprint density at radius 1 is 1.48 bits per heavy atom. The van der Waals surface area contributed by atoms with E-state index in [2.05, 4.69) is 44.0 Å². The molecular formula is C17H21BrN2O. The number of aliphatic hydroxyl groups is 1. The summed E-state index contributed by atoms with van der Waals surface area (Å²) in [6, 6.07) is 8.86. The lowest BCUT2D eigenvalue weighted by molar-refractivity contribution is 0.131. The summed E-state index contributed by atoms with van der Waals surface area (Å²) in [5.41, 5.74) is 2.35. The van der Waals surface area contributed by atoms with Crippen LogP contribution < -0.4 is 0 Å². The first-order chi connectivity index (χ1) is 10.1. The van der Waals surface area contributed by atoms with Gasteiger partial charge in [-0.05, 0) is 56.5 Å². The highest BCUT2D eigenvalue weighted by Gasteiger charge is 2.26. The normalized spacial score (nSPS) is 21.0. The lowest BCUT2D eigenvalue weighted by Crippen LogP contribution is -2.31. The first kappa shape index (κ1) is 14.9. The van der Waals surface area contributed by atoms with E-state index in [4.69, 9.17) is 0 Å². The number of aromatic nitrogens is 1. The molecule has 0 spiro atoms. The quantitative estimate of drug-likeness (QED) is 0.914. The molecule has 1 fully saturated rings. The van der Waals surface area contributed by atoms with Crippen LogP contribution in [0.1, 0.15) is 31.7 Å². The molecule has 1 aliphatic rings. The minimum atomic E-state index is -0.229. The molecule has 2 unspecified atom stereocenters. The molecule has 0 aliphatic carbocycles. The number of aliphatic hydroxyl groups excluding tert-OH is 1. The topological polar surface area (TPSA) is 36.4 Å². The van der Waals surface area contributed by atoms with Gasteiger partial charge in [-0.2, -0.15) is 0 Å². The second-order valence-electron chi connectivity index (χ2n) is 5.99. The Morgan fingerprint density at radius 3 is 3.14 bits per heavy atom. The fourth-order valence-electron chi connectivity index (χ4n) is 3.33. The number of benzene rings is 1. The van der Waals surface area contributed by atoms with Gasteiger partial charge in [0.25, 0.3) is 0 Å². The monoisotopic (exact) mass is 348 g/mol. The highest BCUT2D eigenvalue weighted by Crippen LogP contribution is 2.28. The van der Waals surface area contributed by atoms with Crippen LogP contribution in [-0.2, 0) is 6.54 Å². The van der Waals surface area contributed by atoms with Gasteiger partial charge in [-0.15, -0.1) is 0 Å². The molecule has 3 rings (SSSR count). The van der Waals surface area contributed by atoms with Crippen molar-refractivity contribution in [1.29, 1.82) is 0 Å². The molecule has 4 heteroatoms. The van der Waals surface area contributed by atoms with E-state index >= 15 is 0 Å². The van der Waals surface area contributed by atoms with Crippen LogP contribution in [0.4, 0.5) is 0 Å². The summed E-state index contributed by atoms with van der Waals surface area (Å²) in [7, 11) is 0. The number of pyridine rings is 1. The molecule has 0 radical (unpaired) electrons. The Balaban J connectivity index is 1.87. The fraction of sp³-hybridized carbons (Fsp3) is 0.471. The molecule has 1 aromatic heterocycles. The lowest BCUT2D eigenvalue weighted by Gasteiger charge is -2.26. The molecule has 3 nitrogen and oxygen atoms in total. The molecular weight excluding hydrogens is 328 g/mol. The Hall–Kier alpha value is -0.970. The van der Waals surface area contributed by atoms with Crippen molar-refractivity contribution in [2.45, 2.75) is 44.9 Å². The number of hydrogen-bond acceptors (Lipinski definition) is 3. The molecule has 1 saturated heterocycles. The van der Waals surface area contributed by atoms with Gasteiger partial charge in [-0.1, -0.05) is 22.0 Å². The van der Waals surface area contributed by atoms with Gasteiger partial charge < -0.3 is 5.11 Å². The summed E-state index contributed by atoms with van der Waals surface area (Å²) in [6.07, 6.45) is 4.89. The number of nitrogens with zero attached hydrogens (tertiary/aromatic N) is 2. The molecule has 21 heavy (non-hydrogen) atoms. The zero-order valence-corrected chi connectivity index (χ0v) is 13.9. The first-order valence-electron chi connectivity index (χ1n) is 7.59. The fourth-order valence-corrected chi connectivity index (χ4v) is 3.85. The number of likely N-dealkylation sites (tertiary alicyclic amines) is 1. The van der Waals surface area contributed by atoms with E-state index in [1.807, 2.05) is 19.2 Å². The predicted molar refractivity (Wildman–Crippen MR) is 89.2 cm³/mol. The van der Waals surface area contributed by atoms with Crippen LogP contribution in [0.3, 0.4) is 0 Å². The summed E-state index contributed by atoms with van der Waals surface area (Å²) < 4.78 is 1.10. The average Bonchev–Trinajstić information content (AvgIpc) is 2.85. The van der Waals surface area contributed by atoms with Crippen molar-refractivity contribution in [2.24, 2.45) is 0 Å². The van der Waals surface area contributed by atoms with Gasteiger partial charge in [-0.25, -0.2) is 0 Å². The molecule has 0 bridgehead atoms. The maximum absolute atomic E-state index is 9.67. The van der Waals surface area contributed by atoms with Crippen molar-refractivity contribution in [3.8, 4) is 0 Å². The number of rotatable bonds is 4. The average molecular weight is 349 g/mol. The van der Waals surface area contributed by atoms with Crippen molar-refractivity contribution < 1.29 is 5.11 Å². The number of hydrogen-bond donors (Lipinski definition) is 1. The summed E-state index contributed by atoms with van der Waals surface area (Å²) in [5, 5.41) is 10.8. The molecule has 0 saturated carbocycles. The number of halogens is 1. The summed E-state index contributed by atoms with van der Waals surface area (Å²) >= 11 is 3.60. The Bertz CT molecular complexity index is 629. The van der Waals surface area contributed by atoms with E-state index in [-0.39, 0.29) is 6.10 Å². The van der Waals surface area contributed by atoms with Crippen LogP contribution in [0.25, 0.3) is 10.9 Å². The first-order valence-corrected chi connectivity index (χ1v) is 8.38. The maximum atomic E-state index is 9.67. The molecule has 1 N–H and O–H groups in total. The lowest BCUT2D eigenvalue weighted by atomic mass is 10.1. The van der Waals surface area contributed by atoms with Crippen LogP contribution in [0, 0.1) is 0 Å². The highest BCUT2D eigenvalue weighted by molar-refractivity contribution is 9.10. The Labute approximate surface area is 134 Å². The van der Waals surface area contributed by atoms with Crippen LogP contribution in [0.2, 0.25) is 0 Å². The summed E-state index contributed by atoms with van der Waals surface area (Å²) in [4.78, 5) is 7.04. The SMILES string of the molecule is CC(O)CC1CCCN1Cc1cc(Br)cc2cccnc12. The van der Waals surface area contributed by atoms with Gasteiger partial charge in [0, 0.05) is 28.6 Å². The third-order valence-corrected chi connectivity index (χ3v) is 4.69. The highest BCUT2D eigenvalue weighted by atomic mass is 79.9. The van der Waals surface area contributed by atoms with E-state index in [1.54, 1.807) is 0 Å². The van der Waals surface area contributed by atoms with Gasteiger partial charge in [0.1, 0.15) is 0 Å². The third-order valence-electron chi connectivity index (χ3n) is 4.23. The van der Waals surface area contributed by atoms with Crippen molar-refractivity contribution in [2.75, 3.05) is 6.54 Å². The van der Waals surface area contributed by atoms with Crippen molar-refractivity contribution in [1.82, 2.24) is 9.88 Å². The van der Waals surface area contributed by atoms with Crippen LogP contribution in [-0.4, -0.2) is 33.7 Å².